The summed E-state index contributed by atoms with van der Waals surface area (Å²) < 4.78 is 6.41. The Morgan fingerprint density at radius 3 is 2.28 bits per heavy atom. The fourth-order valence-corrected chi connectivity index (χ4v) is 4.20. The number of carbonyl (C=O) groups is 1. The summed E-state index contributed by atoms with van der Waals surface area (Å²) in [4.78, 5) is 13.1. The molecule has 0 aliphatic heterocycles. The Hall–Kier alpha value is -2.78. The molecule has 2 rings (SSSR count). The van der Waals surface area contributed by atoms with Crippen LogP contribution in [0.2, 0.25) is 5.02 Å². The van der Waals surface area contributed by atoms with Gasteiger partial charge in [-0.15, -0.1) is 0 Å². The lowest BCUT2D eigenvalue weighted by atomic mass is 9.97. The van der Waals surface area contributed by atoms with Gasteiger partial charge in [0.1, 0.15) is 11.5 Å². The molecule has 3 nitrogen and oxygen atoms in total. The second-order valence-corrected chi connectivity index (χ2v) is 9.76. The lowest BCUT2D eigenvalue weighted by Crippen LogP contribution is -2.26. The van der Waals surface area contributed by atoms with Crippen LogP contribution in [0.1, 0.15) is 82.6 Å². The second-order valence-electron chi connectivity index (χ2n) is 9.33. The minimum absolute atomic E-state index is 0.0886. The van der Waals surface area contributed by atoms with Crippen LogP contribution in [0.3, 0.4) is 0 Å². The first-order valence-electron chi connectivity index (χ1n) is 13.1. The molecular formula is C32H42ClNO2. The van der Waals surface area contributed by atoms with Gasteiger partial charge in [0.25, 0.3) is 0 Å². The Morgan fingerprint density at radius 2 is 1.67 bits per heavy atom. The van der Waals surface area contributed by atoms with Gasteiger partial charge in [0.2, 0.25) is 5.91 Å². The number of hydrogen-bond donors (Lipinski definition) is 1. The molecule has 0 saturated carbocycles. The lowest BCUT2D eigenvalue weighted by molar-refractivity contribution is -0.117. The Kier molecular flexibility index (Phi) is 12.0. The zero-order valence-electron chi connectivity index (χ0n) is 23.1. The number of aryl methyl sites for hydroxylation is 2. The Balaban J connectivity index is 2.13. The highest BCUT2D eigenvalue weighted by Crippen LogP contribution is 2.26. The van der Waals surface area contributed by atoms with Crippen LogP contribution in [0.4, 0.5) is 0 Å². The molecule has 0 aromatic heterocycles. The number of hydrogen-bond acceptors (Lipinski definition) is 2. The van der Waals surface area contributed by atoms with Crippen LogP contribution in [0.5, 0.6) is 0 Å². The number of amides is 1. The molecule has 1 amide bonds. The predicted molar refractivity (Wildman–Crippen MR) is 154 cm³/mol. The normalized spacial score (nSPS) is 13.2. The van der Waals surface area contributed by atoms with Crippen LogP contribution in [-0.4, -0.2) is 12.5 Å². The summed E-state index contributed by atoms with van der Waals surface area (Å²) in [5, 5.41) is 3.82. The summed E-state index contributed by atoms with van der Waals surface area (Å²) in [7, 11) is 0. The molecule has 0 fully saturated rings. The SMILES string of the molecule is CCC=C(CCNC(=O)C(C)=C(CC)OC(Cc1ccc(C)cc1)=C(C)CC)c1cc(Cl)ccc1C. The van der Waals surface area contributed by atoms with Gasteiger partial charge in [-0.2, -0.15) is 0 Å². The molecule has 1 N–H and O–H groups in total. The molecule has 0 spiro atoms. The first kappa shape index (κ1) is 29.5. The molecule has 0 saturated heterocycles. The minimum atomic E-state index is -0.0886. The third kappa shape index (κ3) is 8.71. The molecule has 0 atom stereocenters. The molecule has 2 aromatic carbocycles. The minimum Gasteiger partial charge on any atom is -0.465 e. The van der Waals surface area contributed by atoms with Gasteiger partial charge < -0.3 is 10.1 Å². The number of rotatable bonds is 12. The molecule has 0 unspecified atom stereocenters. The zero-order chi connectivity index (χ0) is 26.7. The van der Waals surface area contributed by atoms with Gasteiger partial charge in [-0.25, -0.2) is 0 Å². The summed E-state index contributed by atoms with van der Waals surface area (Å²) in [5.41, 5.74) is 7.79. The number of carbonyl (C=O) groups excluding carboxylic acids is 1. The number of allylic oxidation sites excluding steroid dienone is 4. The van der Waals surface area contributed by atoms with Gasteiger partial charge in [0.15, 0.2) is 0 Å². The maximum absolute atomic E-state index is 13.1. The van der Waals surface area contributed by atoms with Crippen molar-refractivity contribution in [2.75, 3.05) is 6.54 Å². The van der Waals surface area contributed by atoms with Crippen molar-refractivity contribution in [1.82, 2.24) is 5.32 Å². The van der Waals surface area contributed by atoms with Crippen LogP contribution >= 0.6 is 11.6 Å². The maximum atomic E-state index is 13.1. The van der Waals surface area contributed by atoms with E-state index in [-0.39, 0.29) is 5.91 Å². The van der Waals surface area contributed by atoms with Gasteiger partial charge >= 0.3 is 0 Å². The maximum Gasteiger partial charge on any atom is 0.250 e. The van der Waals surface area contributed by atoms with Crippen LogP contribution in [0, 0.1) is 13.8 Å². The molecule has 0 aliphatic rings. The molecular weight excluding hydrogens is 466 g/mol. The van der Waals surface area contributed by atoms with Crippen molar-refractivity contribution in [3.63, 3.8) is 0 Å². The molecule has 0 bridgehead atoms. The Morgan fingerprint density at radius 1 is 0.972 bits per heavy atom. The molecule has 4 heteroatoms. The smallest absolute Gasteiger partial charge is 0.250 e. The van der Waals surface area contributed by atoms with Gasteiger partial charge in [0.05, 0.1) is 5.57 Å². The Labute approximate surface area is 223 Å². The van der Waals surface area contributed by atoms with Crippen LogP contribution in [0.15, 0.2) is 71.2 Å². The second kappa shape index (κ2) is 14.7. The molecule has 0 radical (unpaired) electrons. The average Bonchev–Trinajstić information content (AvgIpc) is 2.87. The van der Waals surface area contributed by atoms with E-state index in [1.807, 2.05) is 32.0 Å². The van der Waals surface area contributed by atoms with Crippen LogP contribution in [-0.2, 0) is 16.0 Å². The van der Waals surface area contributed by atoms with E-state index in [0.717, 1.165) is 41.4 Å². The summed E-state index contributed by atoms with van der Waals surface area (Å²) >= 11 is 6.25. The number of benzene rings is 2. The van der Waals surface area contributed by atoms with E-state index in [4.69, 9.17) is 16.3 Å². The highest BCUT2D eigenvalue weighted by atomic mass is 35.5. The molecule has 194 valence electrons. The predicted octanol–water partition coefficient (Wildman–Crippen LogP) is 8.88. The number of ether oxygens (including phenoxy) is 1. The summed E-state index contributed by atoms with van der Waals surface area (Å²) in [6, 6.07) is 14.5. The van der Waals surface area contributed by atoms with E-state index in [1.165, 1.54) is 27.8 Å². The molecule has 0 aliphatic carbocycles. The molecule has 0 heterocycles. The molecule has 2 aromatic rings. The summed E-state index contributed by atoms with van der Waals surface area (Å²) in [6.07, 6.45) is 6.14. The van der Waals surface area contributed by atoms with E-state index in [2.05, 4.69) is 70.3 Å². The fourth-order valence-electron chi connectivity index (χ4n) is 4.03. The highest BCUT2D eigenvalue weighted by Gasteiger charge is 2.15. The van der Waals surface area contributed by atoms with E-state index in [0.29, 0.717) is 25.0 Å². The monoisotopic (exact) mass is 507 g/mol. The third-order valence-electron chi connectivity index (χ3n) is 6.49. The van der Waals surface area contributed by atoms with E-state index >= 15 is 0 Å². The third-order valence-corrected chi connectivity index (χ3v) is 6.73. The van der Waals surface area contributed by atoms with Crippen LogP contribution in [0.25, 0.3) is 5.57 Å². The number of halogens is 1. The topological polar surface area (TPSA) is 38.3 Å². The van der Waals surface area contributed by atoms with E-state index in [9.17, 15) is 4.79 Å². The van der Waals surface area contributed by atoms with Crippen molar-refractivity contribution in [3.05, 3.63) is 98.5 Å². The van der Waals surface area contributed by atoms with Crippen LogP contribution < -0.4 is 5.32 Å². The summed E-state index contributed by atoms with van der Waals surface area (Å²) in [6.45, 7) is 15.0. The van der Waals surface area contributed by atoms with Crippen molar-refractivity contribution in [1.29, 1.82) is 0 Å². The number of nitrogens with one attached hydrogen (secondary N) is 1. The first-order valence-corrected chi connectivity index (χ1v) is 13.4. The highest BCUT2D eigenvalue weighted by molar-refractivity contribution is 6.30. The largest absolute Gasteiger partial charge is 0.465 e. The van der Waals surface area contributed by atoms with Gasteiger partial charge in [-0.1, -0.05) is 74.3 Å². The Bertz CT molecular complexity index is 1120. The molecule has 36 heavy (non-hydrogen) atoms. The van der Waals surface area contributed by atoms with E-state index < -0.39 is 0 Å². The zero-order valence-corrected chi connectivity index (χ0v) is 23.8. The van der Waals surface area contributed by atoms with Crippen molar-refractivity contribution in [2.24, 2.45) is 0 Å². The van der Waals surface area contributed by atoms with E-state index in [1.54, 1.807) is 0 Å². The average molecular weight is 508 g/mol. The quantitative estimate of drug-likeness (QED) is 0.230. The lowest BCUT2D eigenvalue weighted by Gasteiger charge is -2.18. The standard InChI is InChI=1S/C32H42ClNO2/c1-8-11-27(29-21-28(33)17-14-24(29)6)18-19-34-32(35)25(7)30(10-3)36-31(23(5)9-2)20-26-15-12-22(4)13-16-26/h11-17,21H,8-10,18-20H2,1-7H3,(H,34,35). The van der Waals surface area contributed by atoms with Gasteiger partial charge in [0, 0.05) is 24.4 Å². The fraction of sp³-hybridized carbons (Fsp3) is 0.406. The van der Waals surface area contributed by atoms with Crippen molar-refractivity contribution >= 4 is 23.1 Å². The van der Waals surface area contributed by atoms with Crippen molar-refractivity contribution < 1.29 is 9.53 Å². The van der Waals surface area contributed by atoms with Crippen molar-refractivity contribution in [2.45, 2.75) is 80.6 Å². The van der Waals surface area contributed by atoms with Gasteiger partial charge in [-0.05, 0) is 86.9 Å². The van der Waals surface area contributed by atoms with Gasteiger partial charge in [-0.3, -0.25) is 4.79 Å². The van der Waals surface area contributed by atoms with Crippen molar-refractivity contribution in [3.8, 4) is 0 Å². The first-order chi connectivity index (χ1) is 17.2. The summed E-state index contributed by atoms with van der Waals surface area (Å²) in [5.74, 6) is 1.56.